The van der Waals surface area contributed by atoms with Crippen molar-refractivity contribution in [2.45, 2.75) is 30.4 Å². The highest BCUT2D eigenvalue weighted by molar-refractivity contribution is 5.48. The molecule has 1 aromatic rings. The van der Waals surface area contributed by atoms with Crippen molar-refractivity contribution in [2.75, 3.05) is 20.7 Å². The molecule has 4 nitrogen and oxygen atoms in total. The van der Waals surface area contributed by atoms with E-state index in [1.807, 2.05) is 18.2 Å². The number of fused-ring (bicyclic) bond motifs is 1. The zero-order chi connectivity index (χ0) is 14.3. The van der Waals surface area contributed by atoms with E-state index in [0.29, 0.717) is 5.75 Å². The van der Waals surface area contributed by atoms with Crippen molar-refractivity contribution in [1.29, 1.82) is 0 Å². The van der Waals surface area contributed by atoms with E-state index < -0.39 is 0 Å². The molecule has 0 amide bonds. The Morgan fingerprint density at radius 1 is 1.40 bits per heavy atom. The Hall–Kier alpha value is -1.52. The molecule has 4 heteroatoms. The molecule has 3 unspecified atom stereocenters. The van der Waals surface area contributed by atoms with Gasteiger partial charge in [0.2, 0.25) is 0 Å². The van der Waals surface area contributed by atoms with Gasteiger partial charge >= 0.3 is 0 Å². The highest BCUT2D eigenvalue weighted by atomic mass is 16.5. The Balaban J connectivity index is 2.08. The average molecular weight is 275 g/mol. The SMILES string of the molecule is COc1cc(C23C=CC(O)CC2N(C)CC3)ccc1O. The molecule has 0 spiro atoms. The smallest absolute Gasteiger partial charge is 0.160 e. The predicted octanol–water partition coefficient (Wildman–Crippen LogP) is 1.66. The Morgan fingerprint density at radius 2 is 2.20 bits per heavy atom. The number of methoxy groups -OCH3 is 1. The first-order valence-electron chi connectivity index (χ1n) is 7.02. The van der Waals surface area contributed by atoms with Gasteiger partial charge in [-0.3, -0.25) is 0 Å². The second-order valence-electron chi connectivity index (χ2n) is 5.84. The molecular weight excluding hydrogens is 254 g/mol. The molecule has 0 bridgehead atoms. The molecule has 0 saturated carbocycles. The lowest BCUT2D eigenvalue weighted by molar-refractivity contribution is 0.137. The van der Waals surface area contributed by atoms with Crippen LogP contribution in [0.4, 0.5) is 0 Å². The van der Waals surface area contributed by atoms with Gasteiger partial charge in [0, 0.05) is 11.5 Å². The van der Waals surface area contributed by atoms with Crippen LogP contribution in [0.15, 0.2) is 30.4 Å². The van der Waals surface area contributed by atoms with Crippen molar-refractivity contribution >= 4 is 0 Å². The first-order valence-corrected chi connectivity index (χ1v) is 7.02. The van der Waals surface area contributed by atoms with E-state index >= 15 is 0 Å². The minimum absolute atomic E-state index is 0.0883. The van der Waals surface area contributed by atoms with Crippen LogP contribution < -0.4 is 4.74 Å². The van der Waals surface area contributed by atoms with Crippen LogP contribution in [0, 0.1) is 0 Å². The van der Waals surface area contributed by atoms with E-state index in [9.17, 15) is 10.2 Å². The van der Waals surface area contributed by atoms with Crippen molar-refractivity contribution in [3.63, 3.8) is 0 Å². The number of nitrogens with zero attached hydrogens (tertiary/aromatic N) is 1. The fourth-order valence-electron chi connectivity index (χ4n) is 3.65. The van der Waals surface area contributed by atoms with Gasteiger partial charge in [0.15, 0.2) is 11.5 Å². The Morgan fingerprint density at radius 3 is 2.95 bits per heavy atom. The third kappa shape index (κ3) is 1.91. The summed E-state index contributed by atoms with van der Waals surface area (Å²) in [7, 11) is 3.67. The normalized spacial score (nSPS) is 33.1. The molecular formula is C16H21NO3. The van der Waals surface area contributed by atoms with Crippen molar-refractivity contribution in [3.8, 4) is 11.5 Å². The standard InChI is InChI=1S/C16H21NO3/c1-17-8-7-16(6-5-12(18)10-15(16)17)11-3-4-13(19)14(9-11)20-2/h3-6,9,12,15,18-19H,7-8,10H2,1-2H3. The summed E-state index contributed by atoms with van der Waals surface area (Å²) in [5.41, 5.74) is 1.05. The number of ether oxygens (including phenoxy) is 1. The highest BCUT2D eigenvalue weighted by Crippen LogP contribution is 2.46. The molecule has 0 radical (unpaired) electrons. The number of hydrogen-bond acceptors (Lipinski definition) is 4. The zero-order valence-corrected chi connectivity index (χ0v) is 11.9. The van der Waals surface area contributed by atoms with Gasteiger partial charge in [0.25, 0.3) is 0 Å². The second-order valence-corrected chi connectivity index (χ2v) is 5.84. The molecule has 20 heavy (non-hydrogen) atoms. The molecule has 1 aliphatic heterocycles. The van der Waals surface area contributed by atoms with Gasteiger partial charge in [-0.2, -0.15) is 0 Å². The summed E-state index contributed by atoms with van der Waals surface area (Å²) in [4.78, 5) is 2.31. The summed E-state index contributed by atoms with van der Waals surface area (Å²) in [6.07, 6.45) is 5.44. The maximum Gasteiger partial charge on any atom is 0.160 e. The maximum absolute atomic E-state index is 9.90. The van der Waals surface area contributed by atoms with E-state index in [1.54, 1.807) is 13.2 Å². The summed E-state index contributed by atoms with van der Waals surface area (Å²) in [5, 5.41) is 19.7. The van der Waals surface area contributed by atoms with E-state index in [2.05, 4.69) is 18.0 Å². The fourth-order valence-corrected chi connectivity index (χ4v) is 3.65. The molecule has 1 aliphatic carbocycles. The predicted molar refractivity (Wildman–Crippen MR) is 77.1 cm³/mol. The molecule has 108 valence electrons. The molecule has 3 rings (SSSR count). The lowest BCUT2D eigenvalue weighted by Crippen LogP contribution is -2.44. The van der Waals surface area contributed by atoms with E-state index in [1.165, 1.54) is 0 Å². The lowest BCUT2D eigenvalue weighted by atomic mass is 9.69. The van der Waals surface area contributed by atoms with Crippen LogP contribution in [0.1, 0.15) is 18.4 Å². The second kappa shape index (κ2) is 4.79. The van der Waals surface area contributed by atoms with E-state index in [-0.39, 0.29) is 23.3 Å². The third-order valence-corrected chi connectivity index (χ3v) is 4.80. The van der Waals surface area contributed by atoms with Crippen molar-refractivity contribution < 1.29 is 14.9 Å². The van der Waals surface area contributed by atoms with Crippen LogP contribution in [-0.2, 0) is 5.41 Å². The fraction of sp³-hybridized carbons (Fsp3) is 0.500. The lowest BCUT2D eigenvalue weighted by Gasteiger charge is -2.39. The van der Waals surface area contributed by atoms with Crippen molar-refractivity contribution in [3.05, 3.63) is 35.9 Å². The van der Waals surface area contributed by atoms with Gasteiger partial charge in [-0.15, -0.1) is 0 Å². The van der Waals surface area contributed by atoms with Crippen LogP contribution >= 0.6 is 0 Å². The summed E-state index contributed by atoms with van der Waals surface area (Å²) in [5.74, 6) is 0.667. The van der Waals surface area contributed by atoms with Gasteiger partial charge in [-0.1, -0.05) is 18.2 Å². The monoisotopic (exact) mass is 275 g/mol. The number of benzene rings is 1. The Kier molecular flexibility index (Phi) is 3.22. The van der Waals surface area contributed by atoms with Gasteiger partial charge in [0.1, 0.15) is 0 Å². The maximum atomic E-state index is 9.90. The zero-order valence-electron chi connectivity index (χ0n) is 11.9. The Labute approximate surface area is 119 Å². The number of aliphatic hydroxyl groups is 1. The highest BCUT2D eigenvalue weighted by Gasteiger charge is 2.47. The number of phenolic OH excluding ortho intramolecular Hbond substituents is 1. The summed E-state index contributed by atoms with van der Waals surface area (Å²) >= 11 is 0. The first kappa shape index (κ1) is 13.5. The van der Waals surface area contributed by atoms with Crippen LogP contribution in [0.3, 0.4) is 0 Å². The number of hydrogen-bond donors (Lipinski definition) is 2. The van der Waals surface area contributed by atoms with Gasteiger partial charge in [-0.05, 0) is 44.1 Å². The van der Waals surface area contributed by atoms with Gasteiger partial charge in [0.05, 0.1) is 13.2 Å². The number of phenols is 1. The largest absolute Gasteiger partial charge is 0.504 e. The van der Waals surface area contributed by atoms with Crippen LogP contribution in [0.25, 0.3) is 0 Å². The minimum Gasteiger partial charge on any atom is -0.504 e. The number of aromatic hydroxyl groups is 1. The van der Waals surface area contributed by atoms with Crippen molar-refractivity contribution in [2.24, 2.45) is 0 Å². The number of aliphatic hydroxyl groups excluding tert-OH is 1. The van der Waals surface area contributed by atoms with E-state index in [4.69, 9.17) is 4.74 Å². The third-order valence-electron chi connectivity index (χ3n) is 4.80. The first-order chi connectivity index (χ1) is 9.56. The van der Waals surface area contributed by atoms with E-state index in [0.717, 1.165) is 24.9 Å². The Bertz CT molecular complexity index is 543. The molecule has 1 saturated heterocycles. The molecule has 2 aliphatic rings. The summed E-state index contributed by atoms with van der Waals surface area (Å²) in [6.45, 7) is 1.00. The topological polar surface area (TPSA) is 52.9 Å². The van der Waals surface area contributed by atoms with Crippen LogP contribution in [0.2, 0.25) is 0 Å². The number of likely N-dealkylation sites (N-methyl/N-ethyl adjacent to an activating group) is 1. The number of likely N-dealkylation sites (tertiary alicyclic amines) is 1. The number of rotatable bonds is 2. The summed E-state index contributed by atoms with van der Waals surface area (Å²) < 4.78 is 5.23. The van der Waals surface area contributed by atoms with Crippen LogP contribution in [-0.4, -0.2) is 48.0 Å². The van der Waals surface area contributed by atoms with Gasteiger partial charge in [-0.25, -0.2) is 0 Å². The molecule has 1 heterocycles. The molecule has 2 N–H and O–H groups in total. The molecule has 1 aromatic carbocycles. The van der Waals surface area contributed by atoms with Crippen molar-refractivity contribution in [1.82, 2.24) is 4.90 Å². The summed E-state index contributed by atoms with van der Waals surface area (Å²) in [6, 6.07) is 5.86. The molecule has 0 aromatic heterocycles. The molecule has 1 fully saturated rings. The van der Waals surface area contributed by atoms with Crippen LogP contribution in [0.5, 0.6) is 11.5 Å². The quantitative estimate of drug-likeness (QED) is 0.806. The van der Waals surface area contributed by atoms with Gasteiger partial charge < -0.3 is 19.8 Å². The molecule has 3 atom stereocenters. The average Bonchev–Trinajstić information content (AvgIpc) is 2.78. The minimum atomic E-state index is -0.368.